The largest absolute Gasteiger partial charge is 0.497 e. The van der Waals surface area contributed by atoms with Crippen molar-refractivity contribution in [3.05, 3.63) is 59.2 Å². The van der Waals surface area contributed by atoms with Crippen molar-refractivity contribution in [3.8, 4) is 5.75 Å². The van der Waals surface area contributed by atoms with Gasteiger partial charge in [-0.2, -0.15) is 0 Å². The van der Waals surface area contributed by atoms with Crippen LogP contribution in [-0.4, -0.2) is 19.4 Å². The number of benzene rings is 2. The fraction of sp³-hybridized carbons (Fsp3) is 0.235. The highest BCUT2D eigenvalue weighted by molar-refractivity contribution is 6.04. The zero-order valence-corrected chi connectivity index (χ0v) is 11.6. The van der Waals surface area contributed by atoms with Gasteiger partial charge in [0, 0.05) is 17.8 Å². The molecule has 1 heterocycles. The van der Waals surface area contributed by atoms with E-state index in [2.05, 4.69) is 5.32 Å². The maximum absolute atomic E-state index is 12.7. The number of ketones is 1. The molecule has 3 heteroatoms. The van der Waals surface area contributed by atoms with Crippen LogP contribution in [0.1, 0.15) is 27.4 Å². The van der Waals surface area contributed by atoms with Gasteiger partial charge < -0.3 is 10.1 Å². The Labute approximate surface area is 118 Å². The second-order valence-electron chi connectivity index (χ2n) is 5.07. The molecule has 0 saturated heterocycles. The van der Waals surface area contributed by atoms with Gasteiger partial charge in [-0.25, -0.2) is 0 Å². The third-order valence-electron chi connectivity index (χ3n) is 3.85. The minimum absolute atomic E-state index is 0.0988. The molecule has 0 spiro atoms. The number of nitrogens with one attached hydrogen (secondary N) is 1. The number of anilines is 1. The Morgan fingerprint density at radius 2 is 2.05 bits per heavy atom. The lowest BCUT2D eigenvalue weighted by Crippen LogP contribution is -2.16. The number of hydrogen-bond acceptors (Lipinski definition) is 3. The summed E-state index contributed by atoms with van der Waals surface area (Å²) in [6, 6.07) is 13.6. The first-order chi connectivity index (χ1) is 9.70. The summed E-state index contributed by atoms with van der Waals surface area (Å²) in [5.41, 5.74) is 3.89. The highest BCUT2D eigenvalue weighted by Crippen LogP contribution is 2.34. The van der Waals surface area contributed by atoms with Gasteiger partial charge in [0.25, 0.3) is 0 Å². The van der Waals surface area contributed by atoms with Crippen molar-refractivity contribution >= 4 is 11.5 Å². The minimum atomic E-state index is -0.0988. The summed E-state index contributed by atoms with van der Waals surface area (Å²) in [7, 11) is 1.63. The third-order valence-corrected chi connectivity index (χ3v) is 3.85. The molecular formula is C17H17NO2. The standard InChI is InChI=1S/C17H17NO2/c1-11-9-12(20-2)7-8-13(11)17(19)15-10-18-16-6-4-3-5-14(15)16/h3-9,15,18H,10H2,1-2H3. The van der Waals surface area contributed by atoms with Gasteiger partial charge in [0.15, 0.2) is 5.78 Å². The van der Waals surface area contributed by atoms with Crippen LogP contribution in [0.15, 0.2) is 42.5 Å². The van der Waals surface area contributed by atoms with Gasteiger partial charge in [-0.1, -0.05) is 18.2 Å². The smallest absolute Gasteiger partial charge is 0.172 e. The predicted molar refractivity (Wildman–Crippen MR) is 79.7 cm³/mol. The SMILES string of the molecule is COc1ccc(C(=O)C2CNc3ccccc32)c(C)c1. The van der Waals surface area contributed by atoms with Crippen LogP contribution in [0.5, 0.6) is 5.75 Å². The molecule has 0 radical (unpaired) electrons. The quantitative estimate of drug-likeness (QED) is 0.866. The van der Waals surface area contributed by atoms with Crippen molar-refractivity contribution in [1.82, 2.24) is 0 Å². The Balaban J connectivity index is 1.95. The van der Waals surface area contributed by atoms with E-state index in [4.69, 9.17) is 4.74 Å². The molecule has 3 nitrogen and oxygen atoms in total. The normalized spacial score (nSPS) is 16.4. The summed E-state index contributed by atoms with van der Waals surface area (Å²) in [5.74, 6) is 0.852. The Bertz CT molecular complexity index is 664. The summed E-state index contributed by atoms with van der Waals surface area (Å²) in [6.07, 6.45) is 0. The van der Waals surface area contributed by atoms with E-state index in [1.54, 1.807) is 7.11 Å². The summed E-state index contributed by atoms with van der Waals surface area (Å²) < 4.78 is 5.19. The molecule has 3 rings (SSSR count). The van der Waals surface area contributed by atoms with Gasteiger partial charge in [-0.3, -0.25) is 4.79 Å². The summed E-state index contributed by atoms with van der Waals surface area (Å²) in [6.45, 7) is 2.62. The summed E-state index contributed by atoms with van der Waals surface area (Å²) >= 11 is 0. The number of ether oxygens (including phenoxy) is 1. The number of fused-ring (bicyclic) bond motifs is 1. The highest BCUT2D eigenvalue weighted by Gasteiger charge is 2.29. The number of para-hydroxylation sites is 1. The molecule has 102 valence electrons. The number of carbonyl (C=O) groups excluding carboxylic acids is 1. The molecule has 1 unspecified atom stereocenters. The molecule has 20 heavy (non-hydrogen) atoms. The van der Waals surface area contributed by atoms with E-state index in [0.717, 1.165) is 28.1 Å². The fourth-order valence-electron chi connectivity index (χ4n) is 2.75. The molecule has 0 bridgehead atoms. The van der Waals surface area contributed by atoms with Crippen LogP contribution in [0.2, 0.25) is 0 Å². The van der Waals surface area contributed by atoms with Crippen molar-refractivity contribution in [2.24, 2.45) is 0 Å². The van der Waals surface area contributed by atoms with Crippen LogP contribution >= 0.6 is 0 Å². The summed E-state index contributed by atoms with van der Waals surface area (Å²) in [5, 5.41) is 3.30. The van der Waals surface area contributed by atoms with Crippen LogP contribution in [-0.2, 0) is 0 Å². The lowest BCUT2D eigenvalue weighted by molar-refractivity contribution is 0.0966. The van der Waals surface area contributed by atoms with Crippen LogP contribution in [0, 0.1) is 6.92 Å². The Kier molecular flexibility index (Phi) is 3.18. The van der Waals surface area contributed by atoms with Crippen LogP contribution in [0.4, 0.5) is 5.69 Å². The van der Waals surface area contributed by atoms with Crippen molar-refractivity contribution in [2.45, 2.75) is 12.8 Å². The molecule has 0 aromatic heterocycles. The van der Waals surface area contributed by atoms with Crippen molar-refractivity contribution in [3.63, 3.8) is 0 Å². The first-order valence-corrected chi connectivity index (χ1v) is 6.72. The van der Waals surface area contributed by atoms with E-state index >= 15 is 0 Å². The van der Waals surface area contributed by atoms with E-state index in [9.17, 15) is 4.79 Å². The van der Waals surface area contributed by atoms with E-state index < -0.39 is 0 Å². The van der Waals surface area contributed by atoms with Gasteiger partial charge >= 0.3 is 0 Å². The van der Waals surface area contributed by atoms with Gasteiger partial charge in [-0.15, -0.1) is 0 Å². The molecule has 1 atom stereocenters. The van der Waals surface area contributed by atoms with E-state index in [-0.39, 0.29) is 11.7 Å². The second kappa shape index (κ2) is 5.00. The van der Waals surface area contributed by atoms with Crippen LogP contribution in [0.25, 0.3) is 0 Å². The molecule has 1 aliphatic rings. The molecule has 1 aliphatic heterocycles. The first-order valence-electron chi connectivity index (χ1n) is 6.72. The van der Waals surface area contributed by atoms with Gasteiger partial charge in [0.05, 0.1) is 13.0 Å². The highest BCUT2D eigenvalue weighted by atomic mass is 16.5. The molecule has 1 N–H and O–H groups in total. The third kappa shape index (κ3) is 2.05. The zero-order valence-electron chi connectivity index (χ0n) is 11.6. The average Bonchev–Trinajstić information content (AvgIpc) is 2.90. The number of aryl methyl sites for hydroxylation is 1. The zero-order chi connectivity index (χ0) is 14.1. The van der Waals surface area contributed by atoms with E-state index in [0.29, 0.717) is 6.54 Å². The average molecular weight is 267 g/mol. The topological polar surface area (TPSA) is 38.3 Å². The lowest BCUT2D eigenvalue weighted by Gasteiger charge is -2.12. The van der Waals surface area contributed by atoms with Gasteiger partial charge in [-0.05, 0) is 42.3 Å². The molecule has 0 aliphatic carbocycles. The number of Topliss-reactive ketones (excluding diaryl/α,β-unsaturated/α-hetero) is 1. The number of rotatable bonds is 3. The first kappa shape index (κ1) is 12.7. The van der Waals surface area contributed by atoms with E-state index in [1.165, 1.54) is 0 Å². The maximum Gasteiger partial charge on any atom is 0.172 e. The minimum Gasteiger partial charge on any atom is -0.497 e. The predicted octanol–water partition coefficient (Wildman–Crippen LogP) is 3.40. The molecule has 0 saturated carbocycles. The number of methoxy groups -OCH3 is 1. The summed E-state index contributed by atoms with van der Waals surface area (Å²) in [4.78, 5) is 12.7. The Morgan fingerprint density at radius 1 is 1.25 bits per heavy atom. The van der Waals surface area contributed by atoms with E-state index in [1.807, 2.05) is 49.4 Å². The lowest BCUT2D eigenvalue weighted by atomic mass is 9.90. The molecular weight excluding hydrogens is 250 g/mol. The maximum atomic E-state index is 12.7. The molecule has 2 aromatic rings. The number of hydrogen-bond donors (Lipinski definition) is 1. The van der Waals surface area contributed by atoms with Gasteiger partial charge in [0.2, 0.25) is 0 Å². The van der Waals surface area contributed by atoms with Crippen molar-refractivity contribution in [2.75, 3.05) is 19.0 Å². The van der Waals surface area contributed by atoms with Crippen molar-refractivity contribution in [1.29, 1.82) is 0 Å². The number of carbonyl (C=O) groups is 1. The Hall–Kier alpha value is -2.29. The fourth-order valence-corrected chi connectivity index (χ4v) is 2.75. The van der Waals surface area contributed by atoms with Crippen LogP contribution < -0.4 is 10.1 Å². The molecule has 2 aromatic carbocycles. The van der Waals surface area contributed by atoms with Gasteiger partial charge in [0.1, 0.15) is 5.75 Å². The Morgan fingerprint density at radius 3 is 2.80 bits per heavy atom. The molecule has 0 amide bonds. The van der Waals surface area contributed by atoms with Crippen LogP contribution in [0.3, 0.4) is 0 Å². The second-order valence-corrected chi connectivity index (χ2v) is 5.07. The molecule has 0 fully saturated rings. The van der Waals surface area contributed by atoms with Crippen molar-refractivity contribution < 1.29 is 9.53 Å². The monoisotopic (exact) mass is 267 g/mol.